The van der Waals surface area contributed by atoms with Gasteiger partial charge in [0.2, 0.25) is 0 Å². The smallest absolute Gasteiger partial charge is 0.183 e. The lowest BCUT2D eigenvalue weighted by Gasteiger charge is -2.33. The average Bonchev–Trinajstić information content (AvgIpc) is 2.71. The van der Waals surface area contributed by atoms with Crippen LogP contribution in [-0.4, -0.2) is 68.6 Å². The summed E-state index contributed by atoms with van der Waals surface area (Å²) >= 11 is 0. The van der Waals surface area contributed by atoms with Crippen molar-refractivity contribution < 1.29 is 18.9 Å². The van der Waals surface area contributed by atoms with E-state index >= 15 is 0 Å². The van der Waals surface area contributed by atoms with Crippen molar-refractivity contribution in [3.63, 3.8) is 0 Å². The summed E-state index contributed by atoms with van der Waals surface area (Å²) in [6, 6.07) is 0.00750. The lowest BCUT2D eigenvalue weighted by atomic mass is 10.1. The van der Waals surface area contributed by atoms with Crippen molar-refractivity contribution in [1.29, 1.82) is 0 Å². The standard InChI is InChI=1S/C16H34N2O4/c1-11(2)19-9-14-15(10-20-12(3)4)22-16(6,21-14)13(5)17-18(7)8/h11-15,17H,9-10H2,1-8H3/t13-,14-,15-/m0/s1. The summed E-state index contributed by atoms with van der Waals surface area (Å²) in [5, 5.41) is 1.90. The van der Waals surface area contributed by atoms with Crippen molar-refractivity contribution >= 4 is 0 Å². The van der Waals surface area contributed by atoms with Crippen LogP contribution in [0.3, 0.4) is 0 Å². The average molecular weight is 318 g/mol. The van der Waals surface area contributed by atoms with Gasteiger partial charge in [-0.1, -0.05) is 0 Å². The molecule has 0 aromatic carbocycles. The van der Waals surface area contributed by atoms with E-state index in [4.69, 9.17) is 18.9 Å². The maximum absolute atomic E-state index is 6.19. The maximum Gasteiger partial charge on any atom is 0.183 e. The molecule has 1 aliphatic heterocycles. The lowest BCUT2D eigenvalue weighted by molar-refractivity contribution is -0.193. The highest BCUT2D eigenvalue weighted by Crippen LogP contribution is 2.32. The second-order valence-corrected chi connectivity index (χ2v) is 6.84. The fraction of sp³-hybridized carbons (Fsp3) is 1.00. The van der Waals surface area contributed by atoms with E-state index in [1.54, 1.807) is 0 Å². The Morgan fingerprint density at radius 3 is 1.68 bits per heavy atom. The first-order valence-electron chi connectivity index (χ1n) is 8.16. The van der Waals surface area contributed by atoms with Gasteiger partial charge in [-0.05, 0) is 41.5 Å². The van der Waals surface area contributed by atoms with Crippen LogP contribution in [0.2, 0.25) is 0 Å². The van der Waals surface area contributed by atoms with E-state index in [-0.39, 0.29) is 30.5 Å². The number of nitrogens with one attached hydrogen (secondary N) is 1. The lowest BCUT2D eigenvalue weighted by Crippen LogP contribution is -2.52. The van der Waals surface area contributed by atoms with Gasteiger partial charge in [-0.3, -0.25) is 5.01 Å². The predicted molar refractivity (Wildman–Crippen MR) is 86.6 cm³/mol. The first kappa shape index (κ1) is 19.8. The van der Waals surface area contributed by atoms with E-state index in [0.29, 0.717) is 13.2 Å². The fourth-order valence-corrected chi connectivity index (χ4v) is 2.35. The molecule has 0 aliphatic carbocycles. The molecule has 6 heteroatoms. The zero-order chi connectivity index (χ0) is 16.9. The van der Waals surface area contributed by atoms with Crippen molar-refractivity contribution in [2.45, 2.75) is 77.8 Å². The third kappa shape index (κ3) is 6.10. The normalized spacial score (nSPS) is 26.3. The van der Waals surface area contributed by atoms with Crippen LogP contribution < -0.4 is 5.43 Å². The van der Waals surface area contributed by atoms with Crippen LogP contribution in [0, 0.1) is 0 Å². The first-order valence-corrected chi connectivity index (χ1v) is 8.16. The quantitative estimate of drug-likeness (QED) is 0.654. The Morgan fingerprint density at radius 2 is 1.36 bits per heavy atom. The van der Waals surface area contributed by atoms with Crippen molar-refractivity contribution in [3.05, 3.63) is 0 Å². The molecule has 0 amide bonds. The van der Waals surface area contributed by atoms with Gasteiger partial charge >= 0.3 is 0 Å². The van der Waals surface area contributed by atoms with Crippen molar-refractivity contribution in [2.24, 2.45) is 0 Å². The minimum atomic E-state index is -0.708. The Kier molecular flexibility index (Phi) is 7.71. The zero-order valence-electron chi connectivity index (χ0n) is 15.4. The molecule has 0 saturated carbocycles. The molecule has 0 unspecified atom stereocenters. The Hall–Kier alpha value is -0.240. The highest BCUT2D eigenvalue weighted by atomic mass is 16.8. The molecule has 1 rings (SSSR count). The molecular weight excluding hydrogens is 284 g/mol. The van der Waals surface area contributed by atoms with Gasteiger partial charge in [-0.25, -0.2) is 5.43 Å². The zero-order valence-corrected chi connectivity index (χ0v) is 15.4. The number of rotatable bonds is 9. The number of hydrogen-bond donors (Lipinski definition) is 1. The molecule has 3 atom stereocenters. The molecule has 0 aromatic rings. The van der Waals surface area contributed by atoms with Gasteiger partial charge in [-0.15, -0.1) is 0 Å². The molecule has 1 fully saturated rings. The molecule has 1 heterocycles. The van der Waals surface area contributed by atoms with Crippen LogP contribution in [-0.2, 0) is 18.9 Å². The van der Waals surface area contributed by atoms with E-state index in [0.717, 1.165) is 0 Å². The Bertz CT molecular complexity index is 303. The minimum absolute atomic E-state index is 0.00750. The molecule has 1 aliphatic rings. The Balaban J connectivity index is 2.70. The van der Waals surface area contributed by atoms with Crippen LogP contribution >= 0.6 is 0 Å². The third-order valence-electron chi connectivity index (χ3n) is 3.61. The second kappa shape index (κ2) is 8.57. The van der Waals surface area contributed by atoms with E-state index in [2.05, 4.69) is 5.43 Å². The minimum Gasteiger partial charge on any atom is -0.376 e. The largest absolute Gasteiger partial charge is 0.376 e. The summed E-state index contributed by atoms with van der Waals surface area (Å²) in [6.45, 7) is 13.1. The topological polar surface area (TPSA) is 52.2 Å². The molecule has 0 radical (unpaired) electrons. The van der Waals surface area contributed by atoms with Crippen LogP contribution in [0.1, 0.15) is 41.5 Å². The molecule has 1 saturated heterocycles. The Labute approximate surface area is 135 Å². The second-order valence-electron chi connectivity index (χ2n) is 6.84. The summed E-state index contributed by atoms with van der Waals surface area (Å²) in [6.07, 6.45) is 0.0778. The molecular formula is C16H34N2O4. The molecule has 6 nitrogen and oxygen atoms in total. The first-order chi connectivity index (χ1) is 10.1. The van der Waals surface area contributed by atoms with E-state index in [9.17, 15) is 0 Å². The molecule has 22 heavy (non-hydrogen) atoms. The number of hydrogen-bond acceptors (Lipinski definition) is 6. The SMILES string of the molecule is CC(C)OC[C@@H]1OC(C)([C@H](C)NN(C)C)O[C@H]1COC(C)C. The maximum atomic E-state index is 6.19. The van der Waals surface area contributed by atoms with Crippen LogP contribution in [0.5, 0.6) is 0 Å². The molecule has 0 spiro atoms. The molecule has 0 bridgehead atoms. The predicted octanol–water partition coefficient (Wildman–Crippen LogP) is 1.79. The van der Waals surface area contributed by atoms with Gasteiger partial charge in [0.1, 0.15) is 12.2 Å². The van der Waals surface area contributed by atoms with Crippen molar-refractivity contribution in [3.8, 4) is 0 Å². The van der Waals surface area contributed by atoms with Gasteiger partial charge in [0.25, 0.3) is 0 Å². The van der Waals surface area contributed by atoms with E-state index in [1.807, 2.05) is 60.6 Å². The van der Waals surface area contributed by atoms with E-state index < -0.39 is 5.79 Å². The summed E-state index contributed by atoms with van der Waals surface area (Å²) < 4.78 is 23.8. The number of hydrazine groups is 1. The molecule has 132 valence electrons. The molecule has 1 N–H and O–H groups in total. The summed E-state index contributed by atoms with van der Waals surface area (Å²) in [4.78, 5) is 0. The highest BCUT2D eigenvalue weighted by Gasteiger charge is 2.48. The summed E-state index contributed by atoms with van der Waals surface area (Å²) in [5.41, 5.74) is 3.30. The van der Waals surface area contributed by atoms with Crippen LogP contribution in [0.4, 0.5) is 0 Å². The summed E-state index contributed by atoms with van der Waals surface area (Å²) in [7, 11) is 3.90. The monoisotopic (exact) mass is 318 g/mol. The molecule has 0 aromatic heterocycles. The third-order valence-corrected chi connectivity index (χ3v) is 3.61. The Morgan fingerprint density at radius 1 is 0.955 bits per heavy atom. The van der Waals surface area contributed by atoms with Gasteiger partial charge in [0.15, 0.2) is 5.79 Å². The number of nitrogens with zero attached hydrogens (tertiary/aromatic N) is 1. The fourth-order valence-electron chi connectivity index (χ4n) is 2.35. The van der Waals surface area contributed by atoms with Gasteiger partial charge in [0.05, 0.1) is 31.5 Å². The highest BCUT2D eigenvalue weighted by molar-refractivity contribution is 4.89. The van der Waals surface area contributed by atoms with Crippen molar-refractivity contribution in [1.82, 2.24) is 10.4 Å². The van der Waals surface area contributed by atoms with E-state index in [1.165, 1.54) is 0 Å². The van der Waals surface area contributed by atoms with Crippen LogP contribution in [0.25, 0.3) is 0 Å². The van der Waals surface area contributed by atoms with Crippen molar-refractivity contribution in [2.75, 3.05) is 27.3 Å². The van der Waals surface area contributed by atoms with Gasteiger partial charge < -0.3 is 18.9 Å². The van der Waals surface area contributed by atoms with Gasteiger partial charge in [0, 0.05) is 14.1 Å². The van der Waals surface area contributed by atoms with Crippen LogP contribution in [0.15, 0.2) is 0 Å². The van der Waals surface area contributed by atoms with Gasteiger partial charge in [-0.2, -0.15) is 0 Å². The summed E-state index contributed by atoms with van der Waals surface area (Å²) in [5.74, 6) is -0.708. The number of ether oxygens (including phenoxy) is 4.